The van der Waals surface area contributed by atoms with E-state index in [-0.39, 0.29) is 0 Å². The molecule has 0 aliphatic carbocycles. The minimum atomic E-state index is 0.369. The fraction of sp³-hybridized carbons (Fsp3) is 1.00. The van der Waals surface area contributed by atoms with Gasteiger partial charge in [-0.05, 0) is 32.7 Å². The molecule has 1 N–H and O–H groups in total. The lowest BCUT2D eigenvalue weighted by Gasteiger charge is -2.23. The molecule has 1 aliphatic rings. The second-order valence-corrected chi connectivity index (χ2v) is 3.77. The van der Waals surface area contributed by atoms with Gasteiger partial charge in [-0.15, -0.1) is 0 Å². The van der Waals surface area contributed by atoms with Gasteiger partial charge in [0, 0.05) is 13.2 Å². The summed E-state index contributed by atoms with van der Waals surface area (Å²) in [6.07, 6.45) is 3.90. The third-order valence-corrected chi connectivity index (χ3v) is 2.57. The van der Waals surface area contributed by atoms with Crippen LogP contribution in [0.4, 0.5) is 0 Å². The lowest BCUT2D eigenvalue weighted by atomic mass is 10.1. The summed E-state index contributed by atoms with van der Waals surface area (Å²) >= 11 is 0. The van der Waals surface area contributed by atoms with E-state index in [4.69, 9.17) is 9.47 Å². The van der Waals surface area contributed by atoms with Gasteiger partial charge in [0.15, 0.2) is 0 Å². The van der Waals surface area contributed by atoms with Crippen LogP contribution < -0.4 is 5.32 Å². The zero-order valence-electron chi connectivity index (χ0n) is 9.42. The maximum atomic E-state index is 5.67. The number of hydrogen-bond acceptors (Lipinski definition) is 3. The minimum Gasteiger partial charge on any atom is -0.380 e. The van der Waals surface area contributed by atoms with Crippen LogP contribution in [0.25, 0.3) is 0 Å². The van der Waals surface area contributed by atoms with Crippen LogP contribution in [-0.4, -0.2) is 38.5 Å². The molecule has 14 heavy (non-hydrogen) atoms. The van der Waals surface area contributed by atoms with E-state index in [0.29, 0.717) is 12.1 Å². The number of ether oxygens (including phenoxy) is 2. The molecular formula is C11H23NO2. The predicted octanol–water partition coefficient (Wildman–Crippen LogP) is 1.57. The molecule has 0 radical (unpaired) electrons. The van der Waals surface area contributed by atoms with E-state index in [1.165, 1.54) is 12.8 Å². The highest BCUT2D eigenvalue weighted by atomic mass is 16.5. The van der Waals surface area contributed by atoms with Crippen molar-refractivity contribution in [2.24, 2.45) is 0 Å². The molecule has 1 heterocycles. The van der Waals surface area contributed by atoms with E-state index in [9.17, 15) is 0 Å². The van der Waals surface area contributed by atoms with Gasteiger partial charge in [-0.2, -0.15) is 0 Å². The minimum absolute atomic E-state index is 0.369. The first-order valence-electron chi connectivity index (χ1n) is 5.81. The average Bonchev–Trinajstić information content (AvgIpc) is 2.71. The monoisotopic (exact) mass is 201 g/mol. The molecule has 3 nitrogen and oxygen atoms in total. The molecule has 0 aromatic rings. The third kappa shape index (κ3) is 3.95. The Kier molecular flexibility index (Phi) is 6.15. The van der Waals surface area contributed by atoms with Crippen molar-refractivity contribution in [3.05, 3.63) is 0 Å². The lowest BCUT2D eigenvalue weighted by molar-refractivity contribution is 0.0325. The second-order valence-electron chi connectivity index (χ2n) is 3.77. The van der Waals surface area contributed by atoms with Crippen molar-refractivity contribution in [1.82, 2.24) is 5.32 Å². The molecule has 84 valence electrons. The Balaban J connectivity index is 2.26. The Hall–Kier alpha value is -0.120. The zero-order valence-corrected chi connectivity index (χ0v) is 9.42. The van der Waals surface area contributed by atoms with Crippen molar-refractivity contribution in [3.8, 4) is 0 Å². The molecule has 1 aliphatic heterocycles. The fourth-order valence-electron chi connectivity index (χ4n) is 1.79. The molecule has 1 rings (SSSR count). The summed E-state index contributed by atoms with van der Waals surface area (Å²) in [6, 6.07) is 0.386. The van der Waals surface area contributed by atoms with Crippen molar-refractivity contribution in [2.45, 2.75) is 45.3 Å². The summed E-state index contributed by atoms with van der Waals surface area (Å²) in [4.78, 5) is 0. The van der Waals surface area contributed by atoms with E-state index >= 15 is 0 Å². The smallest absolute Gasteiger partial charge is 0.0751 e. The van der Waals surface area contributed by atoms with Crippen LogP contribution in [-0.2, 0) is 9.47 Å². The summed E-state index contributed by atoms with van der Waals surface area (Å²) < 4.78 is 11.1. The molecule has 2 atom stereocenters. The van der Waals surface area contributed by atoms with Gasteiger partial charge in [-0.3, -0.25) is 0 Å². The standard InChI is InChI=1S/C11H23NO2/c1-3-7-12-10(9-13-4-2)11-6-5-8-14-11/h10-12H,3-9H2,1-2H3. The Labute approximate surface area is 87.2 Å². The zero-order chi connectivity index (χ0) is 10.2. The summed E-state index contributed by atoms with van der Waals surface area (Å²) in [5.41, 5.74) is 0. The molecule has 0 spiro atoms. The van der Waals surface area contributed by atoms with E-state index in [1.807, 2.05) is 6.92 Å². The molecule has 1 saturated heterocycles. The van der Waals surface area contributed by atoms with Gasteiger partial charge < -0.3 is 14.8 Å². The number of rotatable bonds is 7. The van der Waals surface area contributed by atoms with Crippen molar-refractivity contribution in [3.63, 3.8) is 0 Å². The highest BCUT2D eigenvalue weighted by Gasteiger charge is 2.25. The van der Waals surface area contributed by atoms with Crippen LogP contribution in [0.3, 0.4) is 0 Å². The van der Waals surface area contributed by atoms with Gasteiger partial charge in [-0.1, -0.05) is 6.92 Å². The first-order valence-corrected chi connectivity index (χ1v) is 5.81. The first-order chi connectivity index (χ1) is 6.88. The average molecular weight is 201 g/mol. The van der Waals surface area contributed by atoms with Crippen LogP contribution in [0.5, 0.6) is 0 Å². The molecule has 3 heteroatoms. The van der Waals surface area contributed by atoms with Crippen LogP contribution in [0.15, 0.2) is 0 Å². The number of nitrogens with one attached hydrogen (secondary N) is 1. The maximum absolute atomic E-state index is 5.67. The highest BCUT2D eigenvalue weighted by Crippen LogP contribution is 2.16. The van der Waals surface area contributed by atoms with Crippen molar-refractivity contribution < 1.29 is 9.47 Å². The highest BCUT2D eigenvalue weighted by molar-refractivity contribution is 4.80. The Morgan fingerprint density at radius 3 is 2.93 bits per heavy atom. The molecular weight excluding hydrogens is 178 g/mol. The summed E-state index contributed by atoms with van der Waals surface area (Å²) in [5, 5.41) is 3.50. The van der Waals surface area contributed by atoms with Gasteiger partial charge in [0.25, 0.3) is 0 Å². The van der Waals surface area contributed by atoms with E-state index in [1.54, 1.807) is 0 Å². The molecule has 0 bridgehead atoms. The quantitative estimate of drug-likeness (QED) is 0.678. The molecule has 0 saturated carbocycles. The van der Waals surface area contributed by atoms with Crippen LogP contribution in [0.1, 0.15) is 33.1 Å². The Morgan fingerprint density at radius 1 is 1.50 bits per heavy atom. The van der Waals surface area contributed by atoms with Crippen LogP contribution >= 0.6 is 0 Å². The first kappa shape index (κ1) is 12.0. The van der Waals surface area contributed by atoms with Crippen LogP contribution in [0.2, 0.25) is 0 Å². The van der Waals surface area contributed by atoms with Gasteiger partial charge in [0.05, 0.1) is 18.8 Å². The fourth-order valence-corrected chi connectivity index (χ4v) is 1.79. The Bertz CT molecular complexity index is 127. The van der Waals surface area contributed by atoms with Gasteiger partial charge >= 0.3 is 0 Å². The van der Waals surface area contributed by atoms with Crippen molar-refractivity contribution >= 4 is 0 Å². The SMILES string of the molecule is CCCNC(COCC)C1CCCO1. The molecule has 0 aromatic heterocycles. The summed E-state index contributed by atoms with van der Waals surface area (Å²) in [5.74, 6) is 0. The summed E-state index contributed by atoms with van der Waals surface area (Å²) in [7, 11) is 0. The molecule has 2 unspecified atom stereocenters. The van der Waals surface area contributed by atoms with E-state index in [2.05, 4.69) is 12.2 Å². The van der Waals surface area contributed by atoms with Gasteiger partial charge in [0.2, 0.25) is 0 Å². The predicted molar refractivity (Wildman–Crippen MR) is 57.5 cm³/mol. The third-order valence-electron chi connectivity index (χ3n) is 2.57. The van der Waals surface area contributed by atoms with Crippen molar-refractivity contribution in [1.29, 1.82) is 0 Å². The second kappa shape index (κ2) is 7.21. The Morgan fingerprint density at radius 2 is 2.36 bits per heavy atom. The normalized spacial score (nSPS) is 24.0. The largest absolute Gasteiger partial charge is 0.380 e. The van der Waals surface area contributed by atoms with E-state index < -0.39 is 0 Å². The van der Waals surface area contributed by atoms with Crippen molar-refractivity contribution in [2.75, 3.05) is 26.4 Å². The molecule has 0 amide bonds. The topological polar surface area (TPSA) is 30.5 Å². The molecule has 1 fully saturated rings. The molecule has 0 aromatic carbocycles. The van der Waals surface area contributed by atoms with E-state index in [0.717, 1.165) is 32.8 Å². The van der Waals surface area contributed by atoms with Crippen LogP contribution in [0, 0.1) is 0 Å². The van der Waals surface area contributed by atoms with Gasteiger partial charge in [0.1, 0.15) is 0 Å². The van der Waals surface area contributed by atoms with Gasteiger partial charge in [-0.25, -0.2) is 0 Å². The summed E-state index contributed by atoms with van der Waals surface area (Å²) in [6.45, 7) is 7.75. The maximum Gasteiger partial charge on any atom is 0.0751 e. The number of hydrogen-bond donors (Lipinski definition) is 1. The lowest BCUT2D eigenvalue weighted by Crippen LogP contribution is -2.43.